The van der Waals surface area contributed by atoms with E-state index in [-0.39, 0.29) is 69.6 Å². The van der Waals surface area contributed by atoms with E-state index in [0.717, 1.165) is 37.0 Å². The molecule has 1 unspecified atom stereocenters. The molecule has 1 aliphatic carbocycles. The summed E-state index contributed by atoms with van der Waals surface area (Å²) in [6, 6.07) is 16.1. The first-order valence-electron chi connectivity index (χ1n) is 23.8. The van der Waals surface area contributed by atoms with Gasteiger partial charge in [0.05, 0.1) is 29.1 Å². The molecule has 1 aromatic heterocycles. The maximum absolute atomic E-state index is 14.8. The number of carbonyl (C=O) groups is 5. The fraction of sp³-hybridized carbons (Fsp3) is 0.431. The van der Waals surface area contributed by atoms with Gasteiger partial charge in [0.15, 0.2) is 0 Å². The van der Waals surface area contributed by atoms with Crippen molar-refractivity contribution in [3.63, 3.8) is 0 Å². The van der Waals surface area contributed by atoms with Crippen LogP contribution in [0.4, 0.5) is 5.69 Å². The molecule has 0 spiro atoms. The molecular weight excluding hydrogens is 895 g/mol. The van der Waals surface area contributed by atoms with Crippen molar-refractivity contribution in [2.24, 2.45) is 17.2 Å². The van der Waals surface area contributed by atoms with Crippen LogP contribution in [0.5, 0.6) is 17.2 Å². The number of aryl methyl sites for hydroxylation is 1. The van der Waals surface area contributed by atoms with Crippen LogP contribution in [-0.4, -0.2) is 110 Å². The first-order chi connectivity index (χ1) is 33.8. The molecule has 19 heteroatoms. The van der Waals surface area contributed by atoms with Crippen LogP contribution in [-0.2, 0) is 25.6 Å². The van der Waals surface area contributed by atoms with Crippen molar-refractivity contribution < 1.29 is 38.2 Å². The summed E-state index contributed by atoms with van der Waals surface area (Å²) in [7, 11) is 1.41. The number of nitrogens with two attached hydrogens (primary N) is 4. The Bertz CT molecular complexity index is 2520. The number of amides is 5. The summed E-state index contributed by atoms with van der Waals surface area (Å²) in [4.78, 5) is 76.6. The topological polar surface area (TPSA) is 305 Å². The SMILES string of the molecule is Cc1nc(-c2ccc(OC3CCCCCC3)cc2)cc(N)c1C(=O)NC(CCN)C(=O)N(C)[C@@H]1C(=O)N[C@@H](C)C(=O)N[C@H](C(=O)NCC#N)Cc2ccc(OCCN)c(c2)-c2cc1ccc2OCCN. The molecule has 1 saturated carbocycles. The number of nitrogen functional groups attached to an aromatic ring is 1. The third-order valence-electron chi connectivity index (χ3n) is 12.3. The third-order valence-corrected chi connectivity index (χ3v) is 12.3. The van der Waals surface area contributed by atoms with Gasteiger partial charge in [-0.2, -0.15) is 5.26 Å². The van der Waals surface area contributed by atoms with Crippen LogP contribution in [0.1, 0.15) is 85.1 Å². The zero-order chi connectivity index (χ0) is 50.3. The predicted octanol–water partition coefficient (Wildman–Crippen LogP) is 2.92. The lowest BCUT2D eigenvalue weighted by molar-refractivity contribution is -0.141. The van der Waals surface area contributed by atoms with Gasteiger partial charge in [-0.25, -0.2) is 0 Å². The van der Waals surface area contributed by atoms with Crippen molar-refractivity contribution >= 4 is 35.2 Å². The lowest BCUT2D eigenvalue weighted by Crippen LogP contribution is -2.56. The van der Waals surface area contributed by atoms with Crippen LogP contribution in [0.2, 0.25) is 0 Å². The maximum atomic E-state index is 14.8. The number of likely N-dealkylation sites (N-methyl/N-ethyl adjacent to an activating group) is 1. The summed E-state index contributed by atoms with van der Waals surface area (Å²) in [5, 5.41) is 19.9. The zero-order valence-electron chi connectivity index (χ0n) is 40.1. The standard InChI is InChI=1S/C51H65N11O8/c1-30-45(39(56)29-41(58-30)33-11-14-36(15-12-33)70-35-8-6-4-5-7-9-35)49(65)60-40(18-19-52)51(67)62(3)46-34-13-17-44(69-25-22-55)38(28-34)37-26-32(10-16-43(37)68-24-21-54)27-42(48(64)57-23-20-53)61-47(63)31(2)59-50(46)66/h10-17,26,28-29,31,35,40,42,46H,4-9,18-19,21-25,27,52,54-55H2,1-3H3,(H2,56,58)(H,57,64)(H,59,66)(H,60,65)(H,61,63)/t31-,40?,42-,46-/m0/s1. The van der Waals surface area contributed by atoms with E-state index in [0.29, 0.717) is 45.1 Å². The highest BCUT2D eigenvalue weighted by Gasteiger charge is 2.36. The average molecular weight is 960 g/mol. The quantitative estimate of drug-likeness (QED) is 0.0558. The largest absolute Gasteiger partial charge is 0.492 e. The van der Waals surface area contributed by atoms with Gasteiger partial charge < -0.3 is 63.3 Å². The van der Waals surface area contributed by atoms with Crippen molar-refractivity contribution in [2.75, 3.05) is 52.2 Å². The highest BCUT2D eigenvalue weighted by Crippen LogP contribution is 2.40. The highest BCUT2D eigenvalue weighted by atomic mass is 16.5. The lowest BCUT2D eigenvalue weighted by Gasteiger charge is -2.32. The molecule has 2 aliphatic rings. The van der Waals surface area contributed by atoms with Gasteiger partial charge in [-0.3, -0.25) is 29.0 Å². The average Bonchev–Trinajstić information content (AvgIpc) is 3.62. The number of aromatic nitrogens is 1. The van der Waals surface area contributed by atoms with Gasteiger partial charge >= 0.3 is 0 Å². The number of benzene rings is 3. The van der Waals surface area contributed by atoms with E-state index in [1.807, 2.05) is 30.3 Å². The van der Waals surface area contributed by atoms with E-state index >= 15 is 0 Å². The Morgan fingerprint density at radius 1 is 0.871 bits per heavy atom. The number of hydrogen-bond acceptors (Lipinski definition) is 14. The molecule has 70 heavy (non-hydrogen) atoms. The minimum atomic E-state index is -1.42. The molecule has 12 N–H and O–H groups in total. The van der Waals surface area contributed by atoms with Crippen LogP contribution in [0.15, 0.2) is 66.7 Å². The molecule has 4 atom stereocenters. The molecule has 4 bridgehead atoms. The van der Waals surface area contributed by atoms with Crippen LogP contribution < -0.4 is 58.4 Å². The Kier molecular flexibility index (Phi) is 18.5. The number of rotatable bonds is 17. The van der Waals surface area contributed by atoms with E-state index < -0.39 is 53.7 Å². The Balaban J connectivity index is 1.33. The van der Waals surface area contributed by atoms with E-state index in [9.17, 15) is 29.2 Å². The van der Waals surface area contributed by atoms with Crippen molar-refractivity contribution in [2.45, 2.75) is 95.5 Å². The van der Waals surface area contributed by atoms with Crippen LogP contribution >= 0.6 is 0 Å². The summed E-state index contributed by atoms with van der Waals surface area (Å²) in [5.41, 5.74) is 28.0. The monoisotopic (exact) mass is 960 g/mol. The molecule has 0 saturated heterocycles. The molecule has 5 amide bonds. The molecule has 6 rings (SSSR count). The highest BCUT2D eigenvalue weighted by molar-refractivity contribution is 6.03. The first-order valence-corrected chi connectivity index (χ1v) is 23.8. The summed E-state index contributed by atoms with van der Waals surface area (Å²) in [6.07, 6.45) is 7.00. The molecule has 1 aliphatic heterocycles. The second-order valence-electron chi connectivity index (χ2n) is 17.5. The van der Waals surface area contributed by atoms with Crippen LogP contribution in [0, 0.1) is 18.3 Å². The van der Waals surface area contributed by atoms with Gasteiger partial charge in [0.2, 0.25) is 23.6 Å². The van der Waals surface area contributed by atoms with Gasteiger partial charge in [0.1, 0.15) is 61.2 Å². The molecular formula is C51H65N11O8. The Morgan fingerprint density at radius 2 is 1.53 bits per heavy atom. The molecule has 4 aromatic rings. The number of anilines is 1. The molecule has 2 heterocycles. The lowest BCUT2D eigenvalue weighted by atomic mass is 9.93. The number of ether oxygens (including phenoxy) is 3. The fourth-order valence-electron chi connectivity index (χ4n) is 8.76. The summed E-state index contributed by atoms with van der Waals surface area (Å²) < 4.78 is 18.5. The predicted molar refractivity (Wildman–Crippen MR) is 264 cm³/mol. The molecule has 1 fully saturated rings. The first kappa shape index (κ1) is 52.1. The minimum Gasteiger partial charge on any atom is -0.492 e. The summed E-state index contributed by atoms with van der Waals surface area (Å²) >= 11 is 0. The Labute approximate surface area is 408 Å². The van der Waals surface area contributed by atoms with Gasteiger partial charge in [0, 0.05) is 48.9 Å². The summed E-state index contributed by atoms with van der Waals surface area (Å²) in [6.45, 7) is 3.41. The van der Waals surface area contributed by atoms with Gasteiger partial charge in [-0.15, -0.1) is 0 Å². The Hall–Kier alpha value is -7.27. The van der Waals surface area contributed by atoms with Crippen LogP contribution in [0.25, 0.3) is 22.4 Å². The molecule has 19 nitrogen and oxygen atoms in total. The number of hydrogen-bond donors (Lipinski definition) is 8. The van der Waals surface area contributed by atoms with Crippen molar-refractivity contribution in [1.29, 1.82) is 5.26 Å². The molecule has 0 radical (unpaired) electrons. The van der Waals surface area contributed by atoms with E-state index in [2.05, 4.69) is 21.3 Å². The minimum absolute atomic E-state index is 0.00401. The maximum Gasteiger partial charge on any atom is 0.255 e. The normalized spacial score (nSPS) is 17.8. The van der Waals surface area contributed by atoms with Crippen LogP contribution in [0.3, 0.4) is 0 Å². The van der Waals surface area contributed by atoms with Gasteiger partial charge in [-0.05, 0) is 118 Å². The number of nitrogens with zero attached hydrogens (tertiary/aromatic N) is 3. The van der Waals surface area contributed by atoms with E-state index in [1.54, 1.807) is 49.4 Å². The van der Waals surface area contributed by atoms with Crippen molar-refractivity contribution in [1.82, 2.24) is 31.2 Å². The number of fused-ring (bicyclic) bond motifs is 5. The third kappa shape index (κ3) is 13.1. The second-order valence-corrected chi connectivity index (χ2v) is 17.5. The molecule has 372 valence electrons. The number of carbonyl (C=O) groups excluding carboxylic acids is 5. The molecule has 3 aromatic carbocycles. The van der Waals surface area contributed by atoms with Gasteiger partial charge in [0.25, 0.3) is 5.91 Å². The number of pyridine rings is 1. The van der Waals surface area contributed by atoms with E-state index in [4.69, 9.17) is 42.1 Å². The van der Waals surface area contributed by atoms with E-state index in [1.165, 1.54) is 31.7 Å². The fourth-order valence-corrected chi connectivity index (χ4v) is 8.76. The zero-order valence-corrected chi connectivity index (χ0v) is 40.1. The Morgan fingerprint density at radius 3 is 2.16 bits per heavy atom. The summed E-state index contributed by atoms with van der Waals surface area (Å²) in [5.74, 6) is -1.93. The number of nitriles is 1. The van der Waals surface area contributed by atoms with Crippen molar-refractivity contribution in [3.05, 3.63) is 89.1 Å². The second kappa shape index (κ2) is 24.8. The van der Waals surface area contributed by atoms with Gasteiger partial charge in [-0.1, -0.05) is 25.0 Å². The van der Waals surface area contributed by atoms with Crippen molar-refractivity contribution in [3.8, 4) is 45.7 Å². The number of nitrogens with one attached hydrogen (secondary N) is 4. The smallest absolute Gasteiger partial charge is 0.255 e.